The van der Waals surface area contributed by atoms with Gasteiger partial charge < -0.3 is 15.5 Å². The molecule has 2 aromatic rings. The van der Waals surface area contributed by atoms with Crippen molar-refractivity contribution in [2.75, 3.05) is 11.1 Å². The van der Waals surface area contributed by atoms with Crippen molar-refractivity contribution < 1.29 is 4.42 Å². The van der Waals surface area contributed by atoms with Gasteiger partial charge in [0.05, 0.1) is 10.7 Å². The number of nitrogens with one attached hydrogen (secondary N) is 1. The summed E-state index contributed by atoms with van der Waals surface area (Å²) in [6, 6.07) is 5.83. The lowest BCUT2D eigenvalue weighted by molar-refractivity contribution is 0.593. The molecule has 3 N–H and O–H groups in total. The Morgan fingerprint density at radius 1 is 1.40 bits per heavy atom. The lowest BCUT2D eigenvalue weighted by atomic mass is 10.2. The summed E-state index contributed by atoms with van der Waals surface area (Å²) in [6.45, 7) is 1.96. The molecule has 0 aliphatic rings. The highest BCUT2D eigenvalue weighted by Gasteiger charge is 2.05. The number of nitrogens with two attached hydrogens (primary N) is 1. The summed E-state index contributed by atoms with van der Waals surface area (Å²) in [6.07, 6.45) is 0. The van der Waals surface area contributed by atoms with Crippen LogP contribution in [0.3, 0.4) is 0 Å². The molecule has 0 spiro atoms. The lowest BCUT2D eigenvalue weighted by Gasteiger charge is -2.04. The van der Waals surface area contributed by atoms with Crippen molar-refractivity contribution in [3.8, 4) is 0 Å². The van der Waals surface area contributed by atoms with Gasteiger partial charge in [-0.15, -0.1) is 0 Å². The number of halogens is 1. The summed E-state index contributed by atoms with van der Waals surface area (Å²) in [5.74, 6) is 0. The van der Waals surface area contributed by atoms with E-state index >= 15 is 0 Å². The molecule has 6 heteroatoms. The van der Waals surface area contributed by atoms with Gasteiger partial charge in [-0.3, -0.25) is 0 Å². The van der Waals surface area contributed by atoms with Crippen LogP contribution < -0.4 is 11.1 Å². The fourth-order valence-corrected chi connectivity index (χ4v) is 1.40. The second-order valence-corrected chi connectivity index (χ2v) is 3.46. The molecular formula is C9H9ClN4O. The van der Waals surface area contributed by atoms with Gasteiger partial charge in [0, 0.05) is 0 Å². The molecule has 0 aliphatic carbocycles. The van der Waals surface area contributed by atoms with Crippen molar-refractivity contribution in [2.45, 2.75) is 6.92 Å². The molecule has 1 heterocycles. The Kier molecular flexibility index (Phi) is 2.47. The van der Waals surface area contributed by atoms with Gasteiger partial charge in [0.15, 0.2) is 0 Å². The van der Waals surface area contributed by atoms with Gasteiger partial charge in [0.25, 0.3) is 0 Å². The Bertz CT molecular complexity index is 483. The molecule has 0 atom stereocenters. The number of aryl methyl sites for hydroxylation is 1. The monoisotopic (exact) mass is 224 g/mol. The Morgan fingerprint density at radius 3 is 2.80 bits per heavy atom. The van der Waals surface area contributed by atoms with E-state index in [4.69, 9.17) is 21.8 Å². The molecule has 1 aromatic carbocycles. The first-order chi connectivity index (χ1) is 7.15. The fraction of sp³-hybridized carbons (Fsp3) is 0.111. The number of rotatable bonds is 2. The second kappa shape index (κ2) is 3.78. The maximum absolute atomic E-state index is 6.00. The maximum Gasteiger partial charge on any atom is 0.321 e. The van der Waals surface area contributed by atoms with Gasteiger partial charge in [-0.05, 0) is 24.6 Å². The van der Waals surface area contributed by atoms with Gasteiger partial charge in [0.2, 0.25) is 0 Å². The lowest BCUT2D eigenvalue weighted by Crippen LogP contribution is -1.91. The van der Waals surface area contributed by atoms with Crippen LogP contribution in [0.2, 0.25) is 5.02 Å². The number of benzene rings is 1. The summed E-state index contributed by atoms with van der Waals surface area (Å²) >= 11 is 6.00. The topological polar surface area (TPSA) is 77.0 Å². The maximum atomic E-state index is 6.00. The molecule has 0 saturated carbocycles. The van der Waals surface area contributed by atoms with Crippen molar-refractivity contribution in [2.24, 2.45) is 0 Å². The van der Waals surface area contributed by atoms with Crippen LogP contribution in [-0.4, -0.2) is 10.2 Å². The molecule has 0 saturated heterocycles. The van der Waals surface area contributed by atoms with E-state index in [2.05, 4.69) is 15.5 Å². The van der Waals surface area contributed by atoms with Gasteiger partial charge in [-0.2, -0.15) is 0 Å². The molecule has 0 amide bonds. The van der Waals surface area contributed by atoms with Crippen LogP contribution in [0.1, 0.15) is 5.56 Å². The van der Waals surface area contributed by atoms with E-state index in [1.54, 1.807) is 0 Å². The number of nitrogen functional groups attached to an aromatic ring is 1. The van der Waals surface area contributed by atoms with E-state index < -0.39 is 0 Å². The average Bonchev–Trinajstić information content (AvgIpc) is 2.56. The molecule has 0 radical (unpaired) electrons. The first-order valence-corrected chi connectivity index (χ1v) is 4.65. The van der Waals surface area contributed by atoms with Gasteiger partial charge >= 0.3 is 12.0 Å². The van der Waals surface area contributed by atoms with Crippen molar-refractivity contribution in [3.05, 3.63) is 28.8 Å². The molecular weight excluding hydrogens is 216 g/mol. The van der Waals surface area contributed by atoms with Crippen LogP contribution in [0.25, 0.3) is 0 Å². The molecule has 0 fully saturated rings. The highest BCUT2D eigenvalue weighted by Crippen LogP contribution is 2.25. The third kappa shape index (κ3) is 2.19. The molecule has 0 aliphatic heterocycles. The zero-order valence-corrected chi connectivity index (χ0v) is 8.75. The first kappa shape index (κ1) is 9.79. The zero-order chi connectivity index (χ0) is 10.8. The largest absolute Gasteiger partial charge is 0.389 e. The molecule has 15 heavy (non-hydrogen) atoms. The number of hydrogen-bond acceptors (Lipinski definition) is 5. The molecule has 2 rings (SSSR count). The van der Waals surface area contributed by atoms with Crippen LogP contribution in [-0.2, 0) is 0 Å². The van der Waals surface area contributed by atoms with Crippen LogP contribution in [0.15, 0.2) is 22.6 Å². The summed E-state index contributed by atoms with van der Waals surface area (Å²) in [4.78, 5) is 0. The van der Waals surface area contributed by atoms with Gasteiger partial charge in [-0.25, -0.2) is 0 Å². The molecule has 0 bridgehead atoms. The smallest absolute Gasteiger partial charge is 0.321 e. The summed E-state index contributed by atoms with van der Waals surface area (Å²) in [7, 11) is 0. The van der Waals surface area contributed by atoms with Gasteiger partial charge in [-0.1, -0.05) is 27.9 Å². The first-order valence-electron chi connectivity index (χ1n) is 4.27. The molecule has 0 unspecified atom stereocenters. The summed E-state index contributed by atoms with van der Waals surface area (Å²) in [5, 5.41) is 10.6. The van der Waals surface area contributed by atoms with Crippen molar-refractivity contribution >= 4 is 29.3 Å². The van der Waals surface area contributed by atoms with E-state index in [1.807, 2.05) is 25.1 Å². The highest BCUT2D eigenvalue weighted by molar-refractivity contribution is 6.33. The van der Waals surface area contributed by atoms with Crippen LogP contribution in [0.5, 0.6) is 0 Å². The summed E-state index contributed by atoms with van der Waals surface area (Å²) < 4.78 is 4.96. The summed E-state index contributed by atoms with van der Waals surface area (Å²) in [5.41, 5.74) is 7.06. The number of aromatic nitrogens is 2. The Labute approximate surface area is 91.2 Å². The quantitative estimate of drug-likeness (QED) is 0.819. The molecule has 5 nitrogen and oxygen atoms in total. The third-order valence-corrected chi connectivity index (χ3v) is 2.12. The number of nitrogens with zero attached hydrogens (tertiary/aromatic N) is 2. The van der Waals surface area contributed by atoms with Crippen molar-refractivity contribution in [1.29, 1.82) is 0 Å². The zero-order valence-electron chi connectivity index (χ0n) is 7.99. The molecule has 1 aromatic heterocycles. The fourth-order valence-electron chi connectivity index (χ4n) is 1.12. The Balaban J connectivity index is 2.24. The Morgan fingerprint density at radius 2 is 2.20 bits per heavy atom. The van der Waals surface area contributed by atoms with E-state index in [0.29, 0.717) is 10.7 Å². The van der Waals surface area contributed by atoms with Crippen LogP contribution in [0, 0.1) is 6.92 Å². The SMILES string of the molecule is Cc1ccc(Nc2nnc(N)o2)c(Cl)c1. The third-order valence-electron chi connectivity index (χ3n) is 1.81. The van der Waals surface area contributed by atoms with Crippen LogP contribution in [0.4, 0.5) is 17.7 Å². The normalized spacial score (nSPS) is 10.3. The standard InChI is InChI=1S/C9H9ClN4O/c1-5-2-3-7(6(10)4-5)12-9-14-13-8(11)15-9/h2-4H,1H3,(H2,11,13)(H,12,14). The van der Waals surface area contributed by atoms with E-state index in [-0.39, 0.29) is 12.0 Å². The predicted octanol–water partition coefficient (Wildman–Crippen LogP) is 2.36. The minimum absolute atomic E-state index is 0.0146. The number of anilines is 3. The second-order valence-electron chi connectivity index (χ2n) is 3.05. The van der Waals surface area contributed by atoms with Crippen molar-refractivity contribution in [1.82, 2.24) is 10.2 Å². The van der Waals surface area contributed by atoms with Crippen molar-refractivity contribution in [3.63, 3.8) is 0 Å². The van der Waals surface area contributed by atoms with E-state index in [9.17, 15) is 0 Å². The highest BCUT2D eigenvalue weighted by atomic mass is 35.5. The predicted molar refractivity (Wildman–Crippen MR) is 58.2 cm³/mol. The minimum atomic E-state index is 0.0146. The van der Waals surface area contributed by atoms with E-state index in [0.717, 1.165) is 5.56 Å². The van der Waals surface area contributed by atoms with Gasteiger partial charge in [0.1, 0.15) is 0 Å². The number of hydrogen-bond donors (Lipinski definition) is 2. The average molecular weight is 225 g/mol. The van der Waals surface area contributed by atoms with Crippen LogP contribution >= 0.6 is 11.6 Å². The van der Waals surface area contributed by atoms with E-state index in [1.165, 1.54) is 0 Å². The Hall–Kier alpha value is -1.75. The minimum Gasteiger partial charge on any atom is -0.389 e. The molecule has 78 valence electrons.